The molecular formula is C29H28ClF3N6O3S. The number of aromatic nitrogens is 2. The number of nitrogens with zero attached hydrogens (tertiary/aromatic N) is 6. The molecule has 43 heavy (non-hydrogen) atoms. The molecule has 0 N–H and O–H groups in total. The average molecular weight is 633 g/mol. The van der Waals surface area contributed by atoms with Gasteiger partial charge in [-0.15, -0.1) is 4.36 Å². The summed E-state index contributed by atoms with van der Waals surface area (Å²) >= 11 is 5.76. The molecule has 0 aliphatic carbocycles. The first kappa shape index (κ1) is 30.6. The number of alkyl halides is 3. The van der Waals surface area contributed by atoms with Crippen LogP contribution in [0.4, 0.5) is 13.2 Å². The predicted octanol–water partition coefficient (Wildman–Crippen LogP) is 5.86. The quantitative estimate of drug-likeness (QED) is 0.335. The van der Waals surface area contributed by atoms with Gasteiger partial charge in [0, 0.05) is 41.3 Å². The van der Waals surface area contributed by atoms with Crippen molar-refractivity contribution in [1.29, 1.82) is 5.26 Å². The first-order chi connectivity index (χ1) is 20.1. The molecule has 9 nitrogen and oxygen atoms in total. The number of benzene rings is 2. The Morgan fingerprint density at radius 2 is 1.86 bits per heavy atom. The average Bonchev–Trinajstić information content (AvgIpc) is 3.32. The fraction of sp³-hybridized carbons (Fsp3) is 0.379. The second-order valence-electron chi connectivity index (χ2n) is 10.9. The summed E-state index contributed by atoms with van der Waals surface area (Å²) in [5, 5.41) is 13.1. The molecule has 226 valence electrons. The van der Waals surface area contributed by atoms with Crippen LogP contribution in [0.5, 0.6) is 0 Å². The summed E-state index contributed by atoms with van der Waals surface area (Å²) in [5.74, 6) is -0.882. The third-order valence-electron chi connectivity index (χ3n) is 8.04. The number of carbonyl (C=O) groups excluding carboxylic acids is 2. The van der Waals surface area contributed by atoms with E-state index in [0.717, 1.165) is 17.7 Å². The lowest BCUT2D eigenvalue weighted by atomic mass is 9.96. The Hall–Kier alpha value is -3.89. The zero-order valence-corrected chi connectivity index (χ0v) is 25.3. The number of amides is 2. The fourth-order valence-electron chi connectivity index (χ4n) is 5.65. The number of carbonyl (C=O) groups is 2. The highest BCUT2D eigenvalue weighted by Crippen LogP contribution is 2.38. The fourth-order valence-corrected chi connectivity index (χ4v) is 6.77. The van der Waals surface area contributed by atoms with Gasteiger partial charge < -0.3 is 9.80 Å². The molecule has 5 rings (SSSR count). The summed E-state index contributed by atoms with van der Waals surface area (Å²) in [4.78, 5) is 31.0. The number of halogens is 4. The Bertz CT molecular complexity index is 1790. The second kappa shape index (κ2) is 11.0. The Kier molecular flexibility index (Phi) is 7.81. The molecule has 0 spiro atoms. The number of hydrogen-bond acceptors (Lipinski definition) is 6. The second-order valence-corrected chi connectivity index (χ2v) is 13.6. The molecule has 4 atom stereocenters. The van der Waals surface area contributed by atoms with Gasteiger partial charge in [-0.2, -0.15) is 23.5 Å². The molecule has 0 radical (unpaired) electrons. The summed E-state index contributed by atoms with van der Waals surface area (Å²) < 4.78 is 58.2. The molecule has 0 bridgehead atoms. The lowest BCUT2D eigenvalue weighted by Gasteiger charge is -2.37. The summed E-state index contributed by atoms with van der Waals surface area (Å²) in [6.45, 7) is 5.98. The number of fused-ring (bicyclic) bond motifs is 3. The van der Waals surface area contributed by atoms with Crippen LogP contribution in [-0.2, 0) is 28.9 Å². The van der Waals surface area contributed by atoms with E-state index in [2.05, 4.69) is 4.36 Å². The molecule has 0 saturated heterocycles. The Balaban J connectivity index is 1.45. The monoisotopic (exact) mass is 632 g/mol. The van der Waals surface area contributed by atoms with E-state index in [0.29, 0.717) is 34.8 Å². The van der Waals surface area contributed by atoms with Gasteiger partial charge in [0.1, 0.15) is 5.69 Å². The Morgan fingerprint density at radius 3 is 2.49 bits per heavy atom. The molecular weight excluding hydrogens is 605 g/mol. The highest BCUT2D eigenvalue weighted by Gasteiger charge is 2.41. The standard InChI is InChI=1S/C29H28ClF3N6O3S/c1-16-11-25-22(14-37(16)27(40)20-7-10-24(30)23(12-20)29(31,32)33)26-28(41)38(13-17(2)39(26)36-25)18(3)19-5-8-21(9-6-19)43(4,42)35-15-34/h5-10,12,16-18H,11,13-14H2,1-4H3/t16-,17-,18+,43?/m1/s1. The van der Waals surface area contributed by atoms with Crippen molar-refractivity contribution in [3.8, 4) is 6.19 Å². The van der Waals surface area contributed by atoms with Crippen LogP contribution in [0, 0.1) is 11.5 Å². The lowest BCUT2D eigenvalue weighted by Crippen LogP contribution is -2.45. The van der Waals surface area contributed by atoms with Gasteiger partial charge >= 0.3 is 6.18 Å². The van der Waals surface area contributed by atoms with Gasteiger partial charge in [-0.3, -0.25) is 14.3 Å². The molecule has 2 aromatic carbocycles. The van der Waals surface area contributed by atoms with Crippen molar-refractivity contribution in [2.24, 2.45) is 4.36 Å². The van der Waals surface area contributed by atoms with Crippen molar-refractivity contribution in [2.75, 3.05) is 12.8 Å². The normalized spacial score (nSPS) is 20.5. The maximum atomic E-state index is 14.0. The van der Waals surface area contributed by atoms with Gasteiger partial charge in [-0.1, -0.05) is 23.7 Å². The van der Waals surface area contributed by atoms with Crippen molar-refractivity contribution in [3.05, 3.63) is 81.1 Å². The molecule has 1 unspecified atom stereocenters. The van der Waals surface area contributed by atoms with Crippen LogP contribution in [0.15, 0.2) is 51.7 Å². The molecule has 3 heterocycles. The van der Waals surface area contributed by atoms with Crippen molar-refractivity contribution in [2.45, 2.75) is 62.9 Å². The highest BCUT2D eigenvalue weighted by molar-refractivity contribution is 7.93. The first-order valence-electron chi connectivity index (χ1n) is 13.4. The third kappa shape index (κ3) is 5.49. The molecule has 2 aliphatic heterocycles. The highest BCUT2D eigenvalue weighted by atomic mass is 35.5. The zero-order chi connectivity index (χ0) is 31.4. The maximum Gasteiger partial charge on any atom is 0.417 e. The Morgan fingerprint density at radius 1 is 1.19 bits per heavy atom. The first-order valence-corrected chi connectivity index (χ1v) is 15.7. The van der Waals surface area contributed by atoms with Gasteiger partial charge in [-0.05, 0) is 56.7 Å². The van der Waals surface area contributed by atoms with E-state index in [1.54, 1.807) is 47.0 Å². The van der Waals surface area contributed by atoms with E-state index in [1.165, 1.54) is 17.2 Å². The van der Waals surface area contributed by atoms with E-state index in [4.69, 9.17) is 22.0 Å². The number of nitriles is 1. The molecule has 14 heteroatoms. The summed E-state index contributed by atoms with van der Waals surface area (Å²) in [6, 6.07) is 8.91. The predicted molar refractivity (Wildman–Crippen MR) is 153 cm³/mol. The van der Waals surface area contributed by atoms with Crippen LogP contribution in [0.2, 0.25) is 5.02 Å². The van der Waals surface area contributed by atoms with Crippen LogP contribution in [0.25, 0.3) is 0 Å². The van der Waals surface area contributed by atoms with E-state index in [1.807, 2.05) is 13.8 Å². The molecule has 0 fully saturated rings. The largest absolute Gasteiger partial charge is 0.417 e. The van der Waals surface area contributed by atoms with Crippen molar-refractivity contribution < 1.29 is 27.0 Å². The van der Waals surface area contributed by atoms with E-state index in [-0.39, 0.29) is 36.1 Å². The van der Waals surface area contributed by atoms with E-state index >= 15 is 0 Å². The van der Waals surface area contributed by atoms with Crippen molar-refractivity contribution in [1.82, 2.24) is 19.6 Å². The molecule has 2 aliphatic rings. The van der Waals surface area contributed by atoms with Crippen LogP contribution >= 0.6 is 11.6 Å². The van der Waals surface area contributed by atoms with E-state index in [9.17, 15) is 27.0 Å². The van der Waals surface area contributed by atoms with Gasteiger partial charge in [0.25, 0.3) is 11.8 Å². The van der Waals surface area contributed by atoms with Crippen LogP contribution in [0.3, 0.4) is 0 Å². The van der Waals surface area contributed by atoms with Crippen LogP contribution in [-0.4, -0.2) is 54.4 Å². The maximum absolute atomic E-state index is 14.0. The third-order valence-corrected chi connectivity index (χ3v) is 9.95. The molecule has 0 saturated carbocycles. The van der Waals surface area contributed by atoms with Gasteiger partial charge in [-0.25, -0.2) is 4.21 Å². The molecule has 2 amide bonds. The minimum absolute atomic E-state index is 0.0112. The number of rotatable bonds is 4. The topological polar surface area (TPSA) is 112 Å². The lowest BCUT2D eigenvalue weighted by molar-refractivity contribution is -0.137. The van der Waals surface area contributed by atoms with Crippen LogP contribution in [0.1, 0.15) is 76.1 Å². The Labute approximate surface area is 252 Å². The van der Waals surface area contributed by atoms with Crippen LogP contribution < -0.4 is 0 Å². The van der Waals surface area contributed by atoms with Crippen molar-refractivity contribution in [3.63, 3.8) is 0 Å². The smallest absolute Gasteiger partial charge is 0.331 e. The molecule has 3 aromatic rings. The minimum Gasteiger partial charge on any atom is -0.331 e. The van der Waals surface area contributed by atoms with E-state index < -0.39 is 32.4 Å². The van der Waals surface area contributed by atoms with Gasteiger partial charge in [0.2, 0.25) is 6.19 Å². The van der Waals surface area contributed by atoms with Gasteiger partial charge in [0.15, 0.2) is 0 Å². The minimum atomic E-state index is -4.72. The SMILES string of the molecule is C[C@@H]1Cc2nn3c(c2CN1C(=O)c1ccc(Cl)c(C(F)(F)F)c1)C(=O)N([C@@H](C)c1ccc(S(C)(=O)=NC#N)cc1)C[C@H]3C. The summed E-state index contributed by atoms with van der Waals surface area (Å²) in [7, 11) is -2.86. The zero-order valence-electron chi connectivity index (χ0n) is 23.7. The van der Waals surface area contributed by atoms with Gasteiger partial charge in [0.05, 0.1) is 44.6 Å². The summed E-state index contributed by atoms with van der Waals surface area (Å²) in [6.07, 6.45) is -1.42. The number of hydrogen-bond donors (Lipinski definition) is 0. The van der Waals surface area contributed by atoms with Crippen molar-refractivity contribution >= 4 is 33.1 Å². The summed E-state index contributed by atoms with van der Waals surface area (Å²) in [5.41, 5.74) is 1.15. The molecule has 1 aromatic heterocycles.